The summed E-state index contributed by atoms with van der Waals surface area (Å²) in [6.45, 7) is 0. The Bertz CT molecular complexity index is 854. The zero-order chi connectivity index (χ0) is 21.7. The highest BCUT2D eigenvalue weighted by Gasteiger charge is 2.48. The minimum atomic E-state index is -1.06. The highest BCUT2D eigenvalue weighted by Crippen LogP contribution is 2.29. The Morgan fingerprint density at radius 2 is 1.00 bits per heavy atom. The highest BCUT2D eigenvalue weighted by atomic mass is 16.5. The van der Waals surface area contributed by atoms with Crippen molar-refractivity contribution in [2.45, 2.75) is 24.9 Å². The molecule has 0 N–H and O–H groups in total. The van der Waals surface area contributed by atoms with Gasteiger partial charge in [-0.15, -0.1) is 0 Å². The van der Waals surface area contributed by atoms with Crippen molar-refractivity contribution in [1.29, 1.82) is 0 Å². The van der Waals surface area contributed by atoms with E-state index in [0.29, 0.717) is 0 Å². The molecular weight excluding hydrogens is 388 g/mol. The van der Waals surface area contributed by atoms with Crippen LogP contribution in [0.5, 0.6) is 0 Å². The van der Waals surface area contributed by atoms with Gasteiger partial charge >= 0.3 is 11.9 Å². The summed E-state index contributed by atoms with van der Waals surface area (Å²) in [5, 5.41) is 2.06. The number of amides is 2. The largest absolute Gasteiger partial charge is 0.467 e. The fourth-order valence-electron chi connectivity index (χ4n) is 3.47. The Morgan fingerprint density at radius 3 is 1.30 bits per heavy atom. The first-order valence-corrected chi connectivity index (χ1v) is 9.42. The lowest BCUT2D eigenvalue weighted by Gasteiger charge is -2.46. The summed E-state index contributed by atoms with van der Waals surface area (Å²) in [6.07, 6.45) is 0.285. The predicted molar refractivity (Wildman–Crippen MR) is 106 cm³/mol. The van der Waals surface area contributed by atoms with Crippen LogP contribution in [0, 0.1) is 0 Å². The molecule has 30 heavy (non-hydrogen) atoms. The second-order valence-electron chi connectivity index (χ2n) is 6.69. The Labute approximate surface area is 173 Å². The number of ether oxygens (including phenoxy) is 2. The minimum absolute atomic E-state index is 0.142. The van der Waals surface area contributed by atoms with Crippen molar-refractivity contribution in [3.8, 4) is 0 Å². The average molecular weight is 410 g/mol. The van der Waals surface area contributed by atoms with Gasteiger partial charge in [0.05, 0.1) is 14.2 Å². The van der Waals surface area contributed by atoms with Crippen molar-refractivity contribution < 1.29 is 28.7 Å². The van der Waals surface area contributed by atoms with Crippen LogP contribution in [-0.4, -0.2) is 60.1 Å². The maximum absolute atomic E-state index is 13.4. The molecular formula is C22H22N2O6. The van der Waals surface area contributed by atoms with E-state index >= 15 is 0 Å². The van der Waals surface area contributed by atoms with Gasteiger partial charge in [0.1, 0.15) is 0 Å². The molecule has 8 nitrogen and oxygen atoms in total. The third-order valence-corrected chi connectivity index (χ3v) is 4.94. The first-order chi connectivity index (χ1) is 14.5. The Hall–Kier alpha value is -3.68. The van der Waals surface area contributed by atoms with Crippen molar-refractivity contribution in [2.24, 2.45) is 0 Å². The number of hydrogen-bond donors (Lipinski definition) is 0. The molecule has 0 spiro atoms. The van der Waals surface area contributed by atoms with Crippen LogP contribution < -0.4 is 0 Å². The fraction of sp³-hybridized carbons (Fsp3) is 0.273. The van der Waals surface area contributed by atoms with E-state index in [2.05, 4.69) is 0 Å². The van der Waals surface area contributed by atoms with Crippen molar-refractivity contribution in [1.82, 2.24) is 10.0 Å². The molecule has 2 amide bonds. The van der Waals surface area contributed by atoms with E-state index in [4.69, 9.17) is 9.47 Å². The summed E-state index contributed by atoms with van der Waals surface area (Å²) in [4.78, 5) is 51.8. The number of benzene rings is 2. The third-order valence-electron chi connectivity index (χ3n) is 4.94. The number of esters is 2. The second kappa shape index (κ2) is 9.21. The summed E-state index contributed by atoms with van der Waals surface area (Å²) >= 11 is 0. The number of carbonyl (C=O) groups excluding carboxylic acids is 4. The SMILES string of the molecule is COC(=O)[C@@H]1CC[C@@H](C(=O)OC)N(C(=O)c2ccccc2)N1C(=O)c1ccccc1. The van der Waals surface area contributed by atoms with Crippen LogP contribution in [-0.2, 0) is 19.1 Å². The first kappa shape index (κ1) is 21.0. The van der Waals surface area contributed by atoms with Crippen molar-refractivity contribution in [3.05, 3.63) is 71.8 Å². The van der Waals surface area contributed by atoms with Gasteiger partial charge in [0, 0.05) is 11.1 Å². The van der Waals surface area contributed by atoms with Gasteiger partial charge in [0.25, 0.3) is 11.8 Å². The summed E-state index contributed by atoms with van der Waals surface area (Å²) in [5.41, 5.74) is 0.533. The maximum atomic E-state index is 13.4. The quantitative estimate of drug-likeness (QED) is 0.717. The standard InChI is InChI=1S/C22H22N2O6/c1-29-21(27)17-13-14-18(22(28)30-2)24(20(26)16-11-7-4-8-12-16)23(17)19(25)15-9-5-3-6-10-15/h3-12,17-18H,13-14H2,1-2H3/t17-,18-/m0/s1. The molecule has 0 bridgehead atoms. The smallest absolute Gasteiger partial charge is 0.330 e. The third kappa shape index (κ3) is 4.03. The van der Waals surface area contributed by atoms with Gasteiger partial charge in [0.2, 0.25) is 0 Å². The van der Waals surface area contributed by atoms with Crippen LogP contribution >= 0.6 is 0 Å². The molecule has 1 aliphatic rings. The number of hydrazine groups is 1. The average Bonchev–Trinajstić information content (AvgIpc) is 2.82. The van der Waals surface area contributed by atoms with Gasteiger partial charge in [-0.3, -0.25) is 9.59 Å². The summed E-state index contributed by atoms with van der Waals surface area (Å²) < 4.78 is 9.75. The van der Waals surface area contributed by atoms with Crippen LogP contribution in [0.4, 0.5) is 0 Å². The van der Waals surface area contributed by atoms with E-state index in [-0.39, 0.29) is 24.0 Å². The Morgan fingerprint density at radius 1 is 0.667 bits per heavy atom. The van der Waals surface area contributed by atoms with E-state index in [1.807, 2.05) is 0 Å². The normalized spacial score (nSPS) is 18.5. The molecule has 0 saturated carbocycles. The Balaban J connectivity index is 2.13. The molecule has 156 valence electrons. The lowest BCUT2D eigenvalue weighted by atomic mass is 9.99. The predicted octanol–water partition coefficient (Wildman–Crippen LogP) is 2.06. The maximum Gasteiger partial charge on any atom is 0.330 e. The molecule has 8 heteroatoms. The zero-order valence-electron chi connectivity index (χ0n) is 16.7. The fourth-order valence-corrected chi connectivity index (χ4v) is 3.47. The molecule has 0 aliphatic carbocycles. The van der Waals surface area contributed by atoms with E-state index in [1.165, 1.54) is 14.2 Å². The van der Waals surface area contributed by atoms with Crippen LogP contribution in [0.1, 0.15) is 33.6 Å². The molecule has 3 rings (SSSR count). The van der Waals surface area contributed by atoms with E-state index in [9.17, 15) is 19.2 Å². The highest BCUT2D eigenvalue weighted by molar-refractivity contribution is 6.02. The molecule has 1 saturated heterocycles. The summed E-state index contributed by atoms with van der Waals surface area (Å²) in [6, 6.07) is 14.4. The first-order valence-electron chi connectivity index (χ1n) is 9.42. The topological polar surface area (TPSA) is 93.2 Å². The molecule has 0 aromatic heterocycles. The van der Waals surface area contributed by atoms with Crippen LogP contribution in [0.25, 0.3) is 0 Å². The Kier molecular flexibility index (Phi) is 6.46. The minimum Gasteiger partial charge on any atom is -0.467 e. The van der Waals surface area contributed by atoms with E-state index in [0.717, 1.165) is 10.0 Å². The van der Waals surface area contributed by atoms with Crippen molar-refractivity contribution in [2.75, 3.05) is 14.2 Å². The zero-order valence-corrected chi connectivity index (χ0v) is 16.7. The molecule has 2 aromatic rings. The number of hydrogen-bond acceptors (Lipinski definition) is 6. The summed E-state index contributed by atoms with van der Waals surface area (Å²) in [7, 11) is 2.42. The van der Waals surface area contributed by atoms with Gasteiger partial charge in [0.15, 0.2) is 12.1 Å². The lowest BCUT2D eigenvalue weighted by Crippen LogP contribution is -2.65. The van der Waals surface area contributed by atoms with Crippen LogP contribution in [0.2, 0.25) is 0 Å². The lowest BCUT2D eigenvalue weighted by molar-refractivity contribution is -0.167. The molecule has 0 radical (unpaired) electrons. The van der Waals surface area contributed by atoms with Crippen molar-refractivity contribution in [3.63, 3.8) is 0 Å². The van der Waals surface area contributed by atoms with Gasteiger partial charge in [-0.05, 0) is 37.1 Å². The number of carbonyl (C=O) groups is 4. The number of methoxy groups -OCH3 is 2. The molecule has 2 aromatic carbocycles. The number of rotatable bonds is 4. The van der Waals surface area contributed by atoms with Gasteiger partial charge < -0.3 is 9.47 Å². The van der Waals surface area contributed by atoms with Gasteiger partial charge in [-0.1, -0.05) is 36.4 Å². The van der Waals surface area contributed by atoms with E-state index in [1.54, 1.807) is 60.7 Å². The van der Waals surface area contributed by atoms with Gasteiger partial charge in [-0.2, -0.15) is 0 Å². The van der Waals surface area contributed by atoms with E-state index < -0.39 is 35.8 Å². The molecule has 2 atom stereocenters. The second-order valence-corrected chi connectivity index (χ2v) is 6.69. The van der Waals surface area contributed by atoms with Crippen molar-refractivity contribution >= 4 is 23.8 Å². The number of nitrogens with zero attached hydrogens (tertiary/aromatic N) is 2. The molecule has 1 heterocycles. The molecule has 1 fully saturated rings. The van der Waals surface area contributed by atoms with Gasteiger partial charge in [-0.25, -0.2) is 19.6 Å². The molecule has 0 unspecified atom stereocenters. The summed E-state index contributed by atoms with van der Waals surface area (Å²) in [5.74, 6) is -2.53. The van der Waals surface area contributed by atoms with Crippen LogP contribution in [0.15, 0.2) is 60.7 Å². The monoisotopic (exact) mass is 410 g/mol. The molecule has 1 aliphatic heterocycles. The van der Waals surface area contributed by atoms with Crippen LogP contribution in [0.3, 0.4) is 0 Å².